The van der Waals surface area contributed by atoms with Crippen molar-refractivity contribution in [3.63, 3.8) is 0 Å². The molecule has 0 aliphatic rings. The molecule has 3 aromatic carbocycles. The second-order valence-corrected chi connectivity index (χ2v) is 12.2. The van der Waals surface area contributed by atoms with Crippen molar-refractivity contribution in [1.29, 1.82) is 0 Å². The first kappa shape index (κ1) is 35.5. The molecule has 250 valence electrons. The van der Waals surface area contributed by atoms with Crippen LogP contribution in [0, 0.1) is 0 Å². The minimum atomic E-state index is -0.409. The van der Waals surface area contributed by atoms with E-state index in [0.29, 0.717) is 51.2 Å². The number of hydrogen-bond acceptors (Lipinski definition) is 8. The van der Waals surface area contributed by atoms with E-state index in [4.69, 9.17) is 51.1 Å². The Balaban J connectivity index is 0.000000205. The second-order valence-electron chi connectivity index (χ2n) is 10.5. The number of halogens is 4. The number of aromatic amines is 1. The van der Waals surface area contributed by atoms with E-state index in [-0.39, 0.29) is 5.56 Å². The van der Waals surface area contributed by atoms with Gasteiger partial charge in [-0.2, -0.15) is 0 Å². The number of H-pyrrole nitrogens is 1. The Labute approximate surface area is 302 Å². The highest BCUT2D eigenvalue weighted by atomic mass is 35.5. The Morgan fingerprint density at radius 1 is 0.694 bits per heavy atom. The average molecular weight is 737 g/mol. The Hall–Kier alpha value is -4.80. The molecule has 0 atom stereocenters. The summed E-state index contributed by atoms with van der Waals surface area (Å²) in [4.78, 5) is 33.9. The van der Waals surface area contributed by atoms with Crippen molar-refractivity contribution in [2.75, 3.05) is 17.7 Å². The van der Waals surface area contributed by atoms with Gasteiger partial charge in [-0.3, -0.25) is 4.79 Å². The van der Waals surface area contributed by atoms with Gasteiger partial charge in [-0.25, -0.2) is 14.8 Å². The van der Waals surface area contributed by atoms with Gasteiger partial charge in [0.05, 0.1) is 32.8 Å². The van der Waals surface area contributed by atoms with Crippen LogP contribution >= 0.6 is 46.4 Å². The van der Waals surface area contributed by atoms with Crippen LogP contribution < -0.4 is 20.9 Å². The van der Waals surface area contributed by atoms with Crippen molar-refractivity contribution in [2.24, 2.45) is 0 Å². The molecule has 0 radical (unpaired) electrons. The summed E-state index contributed by atoms with van der Waals surface area (Å²) in [7, 11) is 1.33. The zero-order chi connectivity index (χ0) is 34.8. The highest BCUT2D eigenvalue weighted by molar-refractivity contribution is 6.42. The van der Waals surface area contributed by atoms with E-state index in [9.17, 15) is 9.59 Å². The summed E-state index contributed by atoms with van der Waals surface area (Å²) in [6.07, 6.45) is 3.23. The number of rotatable bonds is 10. The van der Waals surface area contributed by atoms with Gasteiger partial charge in [0, 0.05) is 48.0 Å². The molecule has 0 saturated carbocycles. The van der Waals surface area contributed by atoms with Gasteiger partial charge in [0.1, 0.15) is 24.0 Å². The number of benzene rings is 3. The topological polar surface area (TPSA) is 118 Å². The van der Waals surface area contributed by atoms with Gasteiger partial charge in [0.2, 0.25) is 5.56 Å². The minimum Gasteiger partial charge on any atom is -0.489 e. The fourth-order valence-corrected chi connectivity index (χ4v) is 5.07. The lowest BCUT2D eigenvalue weighted by atomic mass is 10.2. The third-order valence-electron chi connectivity index (χ3n) is 7.03. The summed E-state index contributed by atoms with van der Waals surface area (Å²) in [5.41, 5.74) is 4.03. The number of nitrogens with one attached hydrogen (secondary N) is 3. The van der Waals surface area contributed by atoms with Crippen molar-refractivity contribution < 1.29 is 14.3 Å². The van der Waals surface area contributed by atoms with E-state index in [1.807, 2.05) is 48.5 Å². The molecule has 0 aliphatic carbocycles. The van der Waals surface area contributed by atoms with Crippen LogP contribution in [0.15, 0.2) is 108 Å². The zero-order valence-corrected chi connectivity index (χ0v) is 29.0. The largest absolute Gasteiger partial charge is 0.489 e. The fourth-order valence-electron chi connectivity index (χ4n) is 4.42. The van der Waals surface area contributed by atoms with Gasteiger partial charge < -0.3 is 25.1 Å². The molecule has 0 fully saturated rings. The third kappa shape index (κ3) is 10.3. The van der Waals surface area contributed by atoms with E-state index in [0.717, 1.165) is 39.2 Å². The first-order chi connectivity index (χ1) is 23.7. The molecular formula is C36H29Cl4N5O4. The van der Waals surface area contributed by atoms with Crippen LogP contribution in [0.25, 0.3) is 10.9 Å². The molecule has 6 rings (SSSR count). The predicted octanol–water partition coefficient (Wildman–Crippen LogP) is 9.21. The quantitative estimate of drug-likeness (QED) is 0.119. The smallest absolute Gasteiger partial charge is 0.339 e. The van der Waals surface area contributed by atoms with E-state index in [2.05, 4.69) is 30.3 Å². The molecule has 0 bridgehead atoms. The van der Waals surface area contributed by atoms with Crippen LogP contribution in [-0.2, 0) is 24.4 Å². The molecule has 0 saturated heterocycles. The molecule has 3 N–H and O–H groups in total. The maximum absolute atomic E-state index is 11.4. The maximum atomic E-state index is 11.4. The molecule has 0 spiro atoms. The minimum absolute atomic E-state index is 0.120. The van der Waals surface area contributed by atoms with E-state index in [1.165, 1.54) is 19.4 Å². The first-order valence-electron chi connectivity index (χ1n) is 14.8. The number of pyridine rings is 3. The van der Waals surface area contributed by atoms with Gasteiger partial charge in [-0.15, -0.1) is 0 Å². The molecule has 0 amide bonds. The molecule has 13 heteroatoms. The molecule has 49 heavy (non-hydrogen) atoms. The maximum Gasteiger partial charge on any atom is 0.339 e. The Morgan fingerprint density at radius 3 is 1.86 bits per heavy atom. The van der Waals surface area contributed by atoms with Gasteiger partial charge >= 0.3 is 5.97 Å². The first-order valence-corrected chi connectivity index (χ1v) is 16.3. The van der Waals surface area contributed by atoms with Crippen LogP contribution in [0.2, 0.25) is 20.1 Å². The predicted molar refractivity (Wildman–Crippen MR) is 196 cm³/mol. The number of esters is 1. The van der Waals surface area contributed by atoms with E-state index < -0.39 is 5.97 Å². The number of hydrogen-bond donors (Lipinski definition) is 3. The number of methoxy groups -OCH3 is 1. The van der Waals surface area contributed by atoms with Crippen LogP contribution in [0.4, 0.5) is 11.6 Å². The molecule has 6 aromatic rings. The summed E-state index contributed by atoms with van der Waals surface area (Å²) in [6.45, 7) is 1.55. The van der Waals surface area contributed by atoms with Crippen LogP contribution in [0.5, 0.6) is 5.75 Å². The molecule has 3 heterocycles. The zero-order valence-electron chi connectivity index (χ0n) is 26.0. The van der Waals surface area contributed by atoms with Crippen LogP contribution in [-0.4, -0.2) is 28.0 Å². The summed E-state index contributed by atoms with van der Waals surface area (Å²) in [5.74, 6) is 1.73. The van der Waals surface area contributed by atoms with Crippen molar-refractivity contribution in [1.82, 2.24) is 15.0 Å². The number of aromatic nitrogens is 3. The lowest BCUT2D eigenvalue weighted by molar-refractivity contribution is 0.0600. The summed E-state index contributed by atoms with van der Waals surface area (Å²) >= 11 is 23.8. The highest BCUT2D eigenvalue weighted by Gasteiger charge is 2.06. The molecule has 9 nitrogen and oxygen atoms in total. The van der Waals surface area contributed by atoms with Crippen molar-refractivity contribution in [3.8, 4) is 5.75 Å². The van der Waals surface area contributed by atoms with Crippen molar-refractivity contribution in [2.45, 2.75) is 19.7 Å². The number of nitrogens with zero attached hydrogens (tertiary/aromatic N) is 2. The number of fused-ring (bicyclic) bond motifs is 1. The number of ether oxygens (including phenoxy) is 2. The van der Waals surface area contributed by atoms with Crippen molar-refractivity contribution in [3.05, 3.63) is 156 Å². The Bertz CT molecular complexity index is 2110. The number of carbonyl (C=O) groups is 1. The average Bonchev–Trinajstić information content (AvgIpc) is 3.12. The van der Waals surface area contributed by atoms with E-state index >= 15 is 0 Å². The van der Waals surface area contributed by atoms with E-state index in [1.54, 1.807) is 42.6 Å². The fraction of sp³-hybridized carbons (Fsp3) is 0.111. The lowest BCUT2D eigenvalue weighted by Gasteiger charge is -2.09. The van der Waals surface area contributed by atoms with Gasteiger partial charge in [-0.1, -0.05) is 64.6 Å². The van der Waals surface area contributed by atoms with Crippen LogP contribution in [0.1, 0.15) is 27.0 Å². The molecule has 0 unspecified atom stereocenters. The molecular weight excluding hydrogens is 708 g/mol. The lowest BCUT2D eigenvalue weighted by Crippen LogP contribution is -2.04. The number of anilines is 2. The molecule has 3 aromatic heterocycles. The van der Waals surface area contributed by atoms with Gasteiger partial charge in [-0.05, 0) is 77.9 Å². The summed E-state index contributed by atoms with van der Waals surface area (Å²) in [5, 5.41) is 9.41. The molecule has 0 aliphatic heterocycles. The standard InChI is InChI=1S/C22H17Cl2N3O2.C14H12Cl2N2O2/c23-18-5-1-14(9-19(18)24)11-25-21-7-2-15(12-26-21)13-29-17-4-6-20-16(10-17)3-8-22(28)27-20;1-20-14(19)10-3-5-13(18-8-10)17-7-9-2-4-11(15)12(16)6-9/h1-10,12H,11,13H2,(H,25,26)(H,27,28);2-6,8H,7H2,1H3,(H,17,18). The second kappa shape index (κ2) is 17.0. The monoisotopic (exact) mass is 735 g/mol. The highest BCUT2D eigenvalue weighted by Crippen LogP contribution is 2.24. The SMILES string of the molecule is COC(=O)c1ccc(NCc2ccc(Cl)c(Cl)c2)nc1.O=c1ccc2cc(OCc3ccc(NCc4ccc(Cl)c(Cl)c4)nc3)ccc2[nH]1. The summed E-state index contributed by atoms with van der Waals surface area (Å²) < 4.78 is 10.4. The van der Waals surface area contributed by atoms with Gasteiger partial charge in [0.15, 0.2) is 0 Å². The van der Waals surface area contributed by atoms with Crippen LogP contribution in [0.3, 0.4) is 0 Å². The van der Waals surface area contributed by atoms with Crippen molar-refractivity contribution >= 4 is 74.9 Å². The Morgan fingerprint density at radius 2 is 1.31 bits per heavy atom. The van der Waals surface area contributed by atoms with Gasteiger partial charge in [0.25, 0.3) is 0 Å². The normalized spacial score (nSPS) is 10.6. The summed E-state index contributed by atoms with van der Waals surface area (Å²) in [6, 6.07) is 27.0. The third-order valence-corrected chi connectivity index (χ3v) is 8.50. The number of carbonyl (C=O) groups excluding carboxylic acids is 1. The Kier molecular flexibility index (Phi) is 12.3.